The van der Waals surface area contributed by atoms with Crippen LogP contribution in [0.4, 0.5) is 0 Å². The number of nitrogens with two attached hydrogens (primary N) is 1. The largest absolute Gasteiger partial charge is 0.355 e. The van der Waals surface area contributed by atoms with Crippen molar-refractivity contribution in [1.82, 2.24) is 15.6 Å². The molecule has 1 heterocycles. The van der Waals surface area contributed by atoms with E-state index in [0.29, 0.717) is 24.3 Å². The number of aromatic nitrogens is 1. The van der Waals surface area contributed by atoms with E-state index in [4.69, 9.17) is 5.73 Å². The smallest absolute Gasteiger partial charge is 0.269 e. The first-order chi connectivity index (χ1) is 9.13. The van der Waals surface area contributed by atoms with E-state index in [1.54, 1.807) is 12.1 Å². The SMILES string of the molecule is CC(=O)NCCNC(=O)c1ccc(C#CCN)cn1. The summed E-state index contributed by atoms with van der Waals surface area (Å²) in [6, 6.07) is 3.30. The van der Waals surface area contributed by atoms with Crippen molar-refractivity contribution in [2.75, 3.05) is 19.6 Å². The summed E-state index contributed by atoms with van der Waals surface area (Å²) in [5.74, 6) is 5.10. The predicted octanol–water partition coefficient (Wildman–Crippen LogP) is -0.742. The third-order valence-electron chi connectivity index (χ3n) is 2.12. The van der Waals surface area contributed by atoms with Crippen molar-refractivity contribution in [3.63, 3.8) is 0 Å². The molecule has 0 spiro atoms. The van der Waals surface area contributed by atoms with Crippen LogP contribution in [0.15, 0.2) is 18.3 Å². The molecule has 0 aliphatic heterocycles. The summed E-state index contributed by atoms with van der Waals surface area (Å²) in [6.07, 6.45) is 1.52. The van der Waals surface area contributed by atoms with Gasteiger partial charge in [-0.1, -0.05) is 11.8 Å². The van der Waals surface area contributed by atoms with Crippen LogP contribution < -0.4 is 16.4 Å². The molecule has 6 nitrogen and oxygen atoms in total. The van der Waals surface area contributed by atoms with Gasteiger partial charge in [-0.2, -0.15) is 0 Å². The molecule has 0 radical (unpaired) electrons. The van der Waals surface area contributed by atoms with Gasteiger partial charge in [0.1, 0.15) is 5.69 Å². The molecule has 1 aromatic heterocycles. The molecule has 4 N–H and O–H groups in total. The summed E-state index contributed by atoms with van der Waals surface area (Å²) in [4.78, 5) is 26.3. The average molecular weight is 260 g/mol. The lowest BCUT2D eigenvalue weighted by Crippen LogP contribution is -2.33. The molecule has 0 aromatic carbocycles. The van der Waals surface area contributed by atoms with Crippen molar-refractivity contribution < 1.29 is 9.59 Å². The lowest BCUT2D eigenvalue weighted by Gasteiger charge is -2.05. The van der Waals surface area contributed by atoms with Crippen LogP contribution in [-0.2, 0) is 4.79 Å². The number of hydrogen-bond donors (Lipinski definition) is 3. The Labute approximate surface area is 111 Å². The Bertz CT molecular complexity index is 500. The number of carbonyl (C=O) groups is 2. The highest BCUT2D eigenvalue weighted by molar-refractivity contribution is 5.92. The highest BCUT2D eigenvalue weighted by Gasteiger charge is 2.05. The third kappa shape index (κ3) is 5.66. The molecule has 0 fully saturated rings. The van der Waals surface area contributed by atoms with E-state index in [1.165, 1.54) is 13.1 Å². The van der Waals surface area contributed by atoms with Gasteiger partial charge in [-0.05, 0) is 12.1 Å². The molecule has 0 saturated carbocycles. The van der Waals surface area contributed by atoms with Crippen LogP contribution in [0, 0.1) is 11.8 Å². The van der Waals surface area contributed by atoms with Crippen LogP contribution in [0.1, 0.15) is 23.0 Å². The molecule has 2 amide bonds. The zero-order chi connectivity index (χ0) is 14.1. The van der Waals surface area contributed by atoms with E-state index in [-0.39, 0.29) is 18.4 Å². The number of hydrogen-bond acceptors (Lipinski definition) is 4. The monoisotopic (exact) mass is 260 g/mol. The van der Waals surface area contributed by atoms with Gasteiger partial charge in [0.15, 0.2) is 0 Å². The summed E-state index contributed by atoms with van der Waals surface area (Å²) >= 11 is 0. The Balaban J connectivity index is 2.46. The van der Waals surface area contributed by atoms with Crippen LogP contribution in [0.25, 0.3) is 0 Å². The van der Waals surface area contributed by atoms with E-state index in [0.717, 1.165) is 0 Å². The average Bonchev–Trinajstić information content (AvgIpc) is 2.41. The van der Waals surface area contributed by atoms with Crippen LogP contribution >= 0.6 is 0 Å². The predicted molar refractivity (Wildman–Crippen MR) is 71.2 cm³/mol. The van der Waals surface area contributed by atoms with Crippen LogP contribution in [0.2, 0.25) is 0 Å². The molecule has 1 rings (SSSR count). The fourth-order valence-corrected chi connectivity index (χ4v) is 1.26. The third-order valence-corrected chi connectivity index (χ3v) is 2.12. The van der Waals surface area contributed by atoms with Crippen LogP contribution in [0.3, 0.4) is 0 Å². The number of pyridine rings is 1. The van der Waals surface area contributed by atoms with Crippen LogP contribution in [0.5, 0.6) is 0 Å². The summed E-state index contributed by atoms with van der Waals surface area (Å²) < 4.78 is 0. The first-order valence-electron chi connectivity index (χ1n) is 5.81. The zero-order valence-electron chi connectivity index (χ0n) is 10.7. The molecule has 0 atom stereocenters. The summed E-state index contributed by atoms with van der Waals surface area (Å²) in [5.41, 5.74) is 6.27. The van der Waals surface area contributed by atoms with Gasteiger partial charge >= 0.3 is 0 Å². The fraction of sp³-hybridized carbons (Fsp3) is 0.308. The second-order valence-corrected chi connectivity index (χ2v) is 3.68. The second-order valence-electron chi connectivity index (χ2n) is 3.68. The van der Waals surface area contributed by atoms with Crippen molar-refractivity contribution in [3.8, 4) is 11.8 Å². The normalized spacial score (nSPS) is 9.16. The van der Waals surface area contributed by atoms with Gasteiger partial charge in [0.25, 0.3) is 5.91 Å². The highest BCUT2D eigenvalue weighted by atomic mass is 16.2. The number of rotatable bonds is 4. The van der Waals surface area contributed by atoms with Crippen molar-refractivity contribution in [2.24, 2.45) is 5.73 Å². The van der Waals surface area contributed by atoms with E-state index >= 15 is 0 Å². The van der Waals surface area contributed by atoms with E-state index < -0.39 is 0 Å². The number of amides is 2. The second kappa shape index (κ2) is 7.84. The molecule has 6 heteroatoms. The van der Waals surface area contributed by atoms with Gasteiger partial charge in [0, 0.05) is 31.8 Å². The van der Waals surface area contributed by atoms with E-state index in [9.17, 15) is 9.59 Å². The van der Waals surface area contributed by atoms with Crippen molar-refractivity contribution in [3.05, 3.63) is 29.6 Å². The molecule has 0 saturated heterocycles. The number of nitrogens with zero attached hydrogens (tertiary/aromatic N) is 1. The van der Waals surface area contributed by atoms with Gasteiger partial charge < -0.3 is 16.4 Å². The molecule has 0 aliphatic carbocycles. The van der Waals surface area contributed by atoms with E-state index in [1.807, 2.05) is 0 Å². The molecular weight excluding hydrogens is 244 g/mol. The maximum absolute atomic E-state index is 11.7. The van der Waals surface area contributed by atoms with Gasteiger partial charge in [-0.25, -0.2) is 4.98 Å². The molecule has 1 aromatic rings. The first-order valence-corrected chi connectivity index (χ1v) is 5.81. The lowest BCUT2D eigenvalue weighted by atomic mass is 10.2. The summed E-state index contributed by atoms with van der Waals surface area (Å²) in [5, 5.41) is 5.23. The molecule has 100 valence electrons. The quantitative estimate of drug-likeness (QED) is 0.490. The maximum atomic E-state index is 11.7. The van der Waals surface area contributed by atoms with E-state index in [2.05, 4.69) is 27.5 Å². The molecular formula is C13H16N4O2. The standard InChI is InChI=1S/C13H16N4O2/c1-10(18)15-7-8-16-13(19)12-5-4-11(9-17-12)3-2-6-14/h4-5,9H,6-8,14H2,1H3,(H,15,18)(H,16,19). The zero-order valence-corrected chi connectivity index (χ0v) is 10.7. The first kappa shape index (κ1) is 14.7. The molecule has 19 heavy (non-hydrogen) atoms. The fourth-order valence-electron chi connectivity index (χ4n) is 1.26. The topological polar surface area (TPSA) is 97.1 Å². The minimum atomic E-state index is -0.288. The Hall–Kier alpha value is -2.39. The van der Waals surface area contributed by atoms with Crippen molar-refractivity contribution >= 4 is 11.8 Å². The summed E-state index contributed by atoms with van der Waals surface area (Å²) in [6.45, 7) is 2.45. The minimum absolute atomic E-state index is 0.129. The number of nitrogens with one attached hydrogen (secondary N) is 2. The molecule has 0 bridgehead atoms. The highest BCUT2D eigenvalue weighted by Crippen LogP contribution is 1.98. The Morgan fingerprint density at radius 3 is 2.63 bits per heavy atom. The van der Waals surface area contributed by atoms with Gasteiger partial charge in [-0.15, -0.1) is 0 Å². The maximum Gasteiger partial charge on any atom is 0.269 e. The Morgan fingerprint density at radius 1 is 1.32 bits per heavy atom. The van der Waals surface area contributed by atoms with Crippen molar-refractivity contribution in [2.45, 2.75) is 6.92 Å². The van der Waals surface area contributed by atoms with Crippen molar-refractivity contribution in [1.29, 1.82) is 0 Å². The number of carbonyl (C=O) groups excluding carboxylic acids is 2. The minimum Gasteiger partial charge on any atom is -0.355 e. The lowest BCUT2D eigenvalue weighted by molar-refractivity contribution is -0.118. The Morgan fingerprint density at radius 2 is 2.05 bits per heavy atom. The summed E-state index contributed by atoms with van der Waals surface area (Å²) in [7, 11) is 0. The molecule has 0 aliphatic rings. The van der Waals surface area contributed by atoms with Gasteiger partial charge in [-0.3, -0.25) is 9.59 Å². The van der Waals surface area contributed by atoms with Gasteiger partial charge in [0.2, 0.25) is 5.91 Å². The molecule has 0 unspecified atom stereocenters. The Kier molecular flexibility index (Phi) is 6.06. The van der Waals surface area contributed by atoms with Crippen LogP contribution in [-0.4, -0.2) is 36.4 Å². The van der Waals surface area contributed by atoms with Gasteiger partial charge in [0.05, 0.1) is 6.54 Å².